The van der Waals surface area contributed by atoms with Crippen LogP contribution in [0.15, 0.2) is 41.6 Å². The van der Waals surface area contributed by atoms with Gasteiger partial charge in [-0.2, -0.15) is 0 Å². The quantitative estimate of drug-likeness (QED) is 0.369. The number of nitrogens with zero attached hydrogens (tertiary/aromatic N) is 1. The molecule has 0 aliphatic rings. The highest BCUT2D eigenvalue weighted by atomic mass is 16.6. The number of aryl methyl sites for hydroxylation is 2. The lowest BCUT2D eigenvalue weighted by molar-refractivity contribution is 0.141. The summed E-state index contributed by atoms with van der Waals surface area (Å²) in [4.78, 5) is 5.35. The molecule has 0 aliphatic carbocycles. The molecule has 0 saturated heterocycles. The average Bonchev–Trinajstić information content (AvgIpc) is 2.64. The van der Waals surface area contributed by atoms with Crippen LogP contribution in [-0.4, -0.2) is 19.4 Å². The largest absolute Gasteiger partial charge is 0.489 e. The number of anilines is 1. The third-order valence-corrected chi connectivity index (χ3v) is 4.43. The van der Waals surface area contributed by atoms with Gasteiger partial charge in [0, 0.05) is 18.3 Å². The number of rotatable bonds is 9. The van der Waals surface area contributed by atoms with Crippen molar-refractivity contribution in [3.8, 4) is 5.75 Å². The smallest absolute Gasteiger partial charge is 0.122 e. The second-order valence-electron chi connectivity index (χ2n) is 6.48. The van der Waals surface area contributed by atoms with E-state index < -0.39 is 0 Å². The molecule has 0 atom stereocenters. The Labute approximate surface area is 157 Å². The van der Waals surface area contributed by atoms with Crippen molar-refractivity contribution in [2.24, 2.45) is 5.16 Å². The number of unbranched alkanes of at least 4 members (excludes halogenated alkanes) is 1. The zero-order chi connectivity index (χ0) is 18.9. The Morgan fingerprint density at radius 1 is 1.12 bits per heavy atom. The molecule has 0 bridgehead atoms. The molecular weight excluding hydrogens is 324 g/mol. The van der Waals surface area contributed by atoms with Gasteiger partial charge in [-0.1, -0.05) is 30.6 Å². The maximum atomic E-state index is 6.08. The van der Waals surface area contributed by atoms with Crippen LogP contribution in [0.3, 0.4) is 0 Å². The Balaban J connectivity index is 2.06. The van der Waals surface area contributed by atoms with Crippen LogP contribution in [-0.2, 0) is 11.4 Å². The molecule has 4 heteroatoms. The van der Waals surface area contributed by atoms with Crippen molar-refractivity contribution in [2.75, 3.05) is 19.0 Å². The van der Waals surface area contributed by atoms with Crippen LogP contribution in [0.1, 0.15) is 48.9 Å². The normalized spacial score (nSPS) is 11.3. The fourth-order valence-corrected chi connectivity index (χ4v) is 2.72. The summed E-state index contributed by atoms with van der Waals surface area (Å²) in [6.45, 7) is 9.47. The van der Waals surface area contributed by atoms with Crippen molar-refractivity contribution >= 4 is 11.4 Å². The molecule has 2 rings (SSSR count). The molecule has 0 aromatic heterocycles. The summed E-state index contributed by atoms with van der Waals surface area (Å²) < 4.78 is 6.08. The standard InChI is InChI=1S/C22H30N2O2/c1-6-7-13-26-24-18(4)19-11-12-22(17(3)14-19)25-15-20-16(2)9-8-10-21(20)23-5/h8-12,14,23H,6-7,13,15H2,1-5H3/b24-18+. The van der Waals surface area contributed by atoms with E-state index >= 15 is 0 Å². The maximum absolute atomic E-state index is 6.08. The van der Waals surface area contributed by atoms with Gasteiger partial charge in [-0.05, 0) is 68.1 Å². The van der Waals surface area contributed by atoms with Crippen LogP contribution in [0.25, 0.3) is 0 Å². The minimum Gasteiger partial charge on any atom is -0.489 e. The van der Waals surface area contributed by atoms with Gasteiger partial charge in [-0.25, -0.2) is 0 Å². The second kappa shape index (κ2) is 9.85. The average molecular weight is 354 g/mol. The van der Waals surface area contributed by atoms with Crippen LogP contribution in [0.2, 0.25) is 0 Å². The van der Waals surface area contributed by atoms with Crippen LogP contribution >= 0.6 is 0 Å². The molecule has 0 saturated carbocycles. The molecule has 0 unspecified atom stereocenters. The van der Waals surface area contributed by atoms with E-state index in [1.54, 1.807) is 0 Å². The maximum Gasteiger partial charge on any atom is 0.122 e. The molecule has 2 aromatic rings. The van der Waals surface area contributed by atoms with Crippen LogP contribution in [0.5, 0.6) is 5.75 Å². The van der Waals surface area contributed by atoms with E-state index in [2.05, 4.69) is 55.5 Å². The fourth-order valence-electron chi connectivity index (χ4n) is 2.72. The van der Waals surface area contributed by atoms with E-state index in [1.165, 1.54) is 11.1 Å². The summed E-state index contributed by atoms with van der Waals surface area (Å²) >= 11 is 0. The minimum atomic E-state index is 0.538. The molecule has 0 heterocycles. The van der Waals surface area contributed by atoms with E-state index in [1.807, 2.05) is 26.1 Å². The van der Waals surface area contributed by atoms with Gasteiger partial charge in [0.2, 0.25) is 0 Å². The number of benzene rings is 2. The van der Waals surface area contributed by atoms with Gasteiger partial charge in [0.1, 0.15) is 19.0 Å². The van der Waals surface area contributed by atoms with Crippen molar-refractivity contribution in [1.29, 1.82) is 0 Å². The summed E-state index contributed by atoms with van der Waals surface area (Å²) in [6, 6.07) is 12.4. The van der Waals surface area contributed by atoms with E-state index in [0.717, 1.165) is 41.1 Å². The van der Waals surface area contributed by atoms with E-state index in [-0.39, 0.29) is 0 Å². The van der Waals surface area contributed by atoms with Crippen molar-refractivity contribution in [3.63, 3.8) is 0 Å². The Kier molecular flexibility index (Phi) is 7.52. The summed E-state index contributed by atoms with van der Waals surface area (Å²) in [6.07, 6.45) is 2.13. The summed E-state index contributed by atoms with van der Waals surface area (Å²) in [5, 5.41) is 7.43. The molecule has 1 N–H and O–H groups in total. The lowest BCUT2D eigenvalue weighted by atomic mass is 10.1. The lowest BCUT2D eigenvalue weighted by Gasteiger charge is -2.15. The van der Waals surface area contributed by atoms with Gasteiger partial charge < -0.3 is 14.9 Å². The Morgan fingerprint density at radius 2 is 1.92 bits per heavy atom. The molecule has 0 fully saturated rings. The van der Waals surface area contributed by atoms with E-state index in [9.17, 15) is 0 Å². The highest BCUT2D eigenvalue weighted by molar-refractivity contribution is 5.98. The van der Waals surface area contributed by atoms with Gasteiger partial charge in [-0.3, -0.25) is 0 Å². The first-order chi connectivity index (χ1) is 12.6. The van der Waals surface area contributed by atoms with Gasteiger partial charge in [-0.15, -0.1) is 0 Å². The van der Waals surface area contributed by atoms with E-state index in [4.69, 9.17) is 9.57 Å². The van der Waals surface area contributed by atoms with Crippen LogP contribution in [0.4, 0.5) is 5.69 Å². The topological polar surface area (TPSA) is 42.9 Å². The summed E-state index contributed by atoms with van der Waals surface area (Å²) in [7, 11) is 1.93. The molecule has 0 aliphatic heterocycles. The third kappa shape index (κ3) is 5.25. The third-order valence-electron chi connectivity index (χ3n) is 4.43. The number of ether oxygens (including phenoxy) is 1. The monoisotopic (exact) mass is 354 g/mol. The highest BCUT2D eigenvalue weighted by Gasteiger charge is 2.08. The first-order valence-corrected chi connectivity index (χ1v) is 9.23. The van der Waals surface area contributed by atoms with Gasteiger partial charge in [0.25, 0.3) is 0 Å². The number of hydrogen-bond acceptors (Lipinski definition) is 4. The lowest BCUT2D eigenvalue weighted by Crippen LogP contribution is -2.04. The molecule has 4 nitrogen and oxygen atoms in total. The first kappa shape index (κ1) is 19.8. The fraction of sp³-hybridized carbons (Fsp3) is 0.409. The predicted octanol–water partition coefficient (Wildman–Crippen LogP) is 5.46. The zero-order valence-corrected chi connectivity index (χ0v) is 16.6. The van der Waals surface area contributed by atoms with Crippen molar-refractivity contribution < 1.29 is 9.57 Å². The molecule has 0 amide bonds. The summed E-state index contributed by atoms with van der Waals surface area (Å²) in [5.41, 5.74) is 6.53. The van der Waals surface area contributed by atoms with Crippen LogP contribution < -0.4 is 10.1 Å². The number of nitrogens with one attached hydrogen (secondary N) is 1. The van der Waals surface area contributed by atoms with Gasteiger partial charge in [0.05, 0.1) is 5.71 Å². The van der Waals surface area contributed by atoms with E-state index in [0.29, 0.717) is 13.2 Å². The Morgan fingerprint density at radius 3 is 2.62 bits per heavy atom. The van der Waals surface area contributed by atoms with Crippen LogP contribution in [0, 0.1) is 13.8 Å². The minimum absolute atomic E-state index is 0.538. The molecule has 140 valence electrons. The summed E-state index contributed by atoms with van der Waals surface area (Å²) in [5.74, 6) is 0.888. The molecular formula is C22H30N2O2. The molecule has 26 heavy (non-hydrogen) atoms. The van der Waals surface area contributed by atoms with Crippen molar-refractivity contribution in [2.45, 2.75) is 47.1 Å². The van der Waals surface area contributed by atoms with Gasteiger partial charge in [0.15, 0.2) is 0 Å². The molecule has 0 radical (unpaired) electrons. The SMILES string of the molecule is CCCCO/N=C(\C)c1ccc(OCc2c(C)cccc2NC)c(C)c1. The number of oxime groups is 1. The zero-order valence-electron chi connectivity index (χ0n) is 16.6. The molecule has 0 spiro atoms. The molecule has 2 aromatic carbocycles. The van der Waals surface area contributed by atoms with Gasteiger partial charge >= 0.3 is 0 Å². The number of hydrogen-bond donors (Lipinski definition) is 1. The first-order valence-electron chi connectivity index (χ1n) is 9.23. The highest BCUT2D eigenvalue weighted by Crippen LogP contribution is 2.24. The predicted molar refractivity (Wildman–Crippen MR) is 109 cm³/mol. The Hall–Kier alpha value is -2.49. The van der Waals surface area contributed by atoms with Crippen molar-refractivity contribution in [1.82, 2.24) is 0 Å². The van der Waals surface area contributed by atoms with Crippen molar-refractivity contribution in [3.05, 3.63) is 58.7 Å². The second-order valence-corrected chi connectivity index (χ2v) is 6.48. The Bertz CT molecular complexity index is 754.